The highest BCUT2D eigenvalue weighted by molar-refractivity contribution is 7.25. The summed E-state index contributed by atoms with van der Waals surface area (Å²) in [7, 11) is 0. The van der Waals surface area contributed by atoms with Crippen molar-refractivity contribution in [2.45, 2.75) is 0 Å². The zero-order valence-electron chi connectivity index (χ0n) is 25.0. The number of hydrogen-bond donors (Lipinski definition) is 0. The number of furan rings is 1. The highest BCUT2D eigenvalue weighted by Gasteiger charge is 2.22. The van der Waals surface area contributed by atoms with E-state index in [9.17, 15) is 4.39 Å². The fourth-order valence-corrected chi connectivity index (χ4v) is 8.33. The van der Waals surface area contributed by atoms with Crippen molar-refractivity contribution in [2.75, 3.05) is 4.90 Å². The van der Waals surface area contributed by atoms with Crippen molar-refractivity contribution in [1.82, 2.24) is 4.57 Å². The lowest BCUT2D eigenvalue weighted by molar-refractivity contribution is 0.627. The molecule has 0 aliphatic carbocycles. The highest BCUT2D eigenvalue weighted by Crippen LogP contribution is 2.46. The molecule has 3 aromatic heterocycles. The van der Waals surface area contributed by atoms with Gasteiger partial charge in [0.1, 0.15) is 17.0 Å². The van der Waals surface area contributed by atoms with Gasteiger partial charge in [-0.2, -0.15) is 0 Å². The quantitative estimate of drug-likeness (QED) is 0.194. The first-order chi connectivity index (χ1) is 23.2. The van der Waals surface area contributed by atoms with Gasteiger partial charge in [-0.1, -0.05) is 66.7 Å². The number of anilines is 3. The molecule has 0 fully saturated rings. The number of para-hydroxylation sites is 2. The first kappa shape index (κ1) is 26.3. The largest absolute Gasteiger partial charge is 0.456 e. The molecule has 0 saturated carbocycles. The number of benzene rings is 7. The third-order valence-electron chi connectivity index (χ3n) is 9.24. The Morgan fingerprint density at radius 3 is 2.09 bits per heavy atom. The minimum Gasteiger partial charge on any atom is -0.456 e. The van der Waals surface area contributed by atoms with Crippen LogP contribution in [-0.4, -0.2) is 4.57 Å². The average Bonchev–Trinajstić information content (AvgIpc) is 3.78. The average molecular weight is 625 g/mol. The standard InChI is InChI=1S/C42H25FN2OS/c43-26-16-18-27(19-17-26)45-35-11-4-1-8-30(35)34-24-28(21-23-36(34)45)44(29-20-22-32-31-9-3-6-15-40(31)47-41(32)25-29)37-12-7-14-39-42(37)33-10-2-5-13-38(33)46-39/h1-25H. The lowest BCUT2D eigenvalue weighted by Crippen LogP contribution is -2.10. The highest BCUT2D eigenvalue weighted by atomic mass is 32.1. The van der Waals surface area contributed by atoms with Gasteiger partial charge in [-0.15, -0.1) is 11.3 Å². The zero-order valence-corrected chi connectivity index (χ0v) is 25.8. The van der Waals surface area contributed by atoms with Crippen LogP contribution in [0.4, 0.5) is 21.5 Å². The maximum atomic E-state index is 13.9. The van der Waals surface area contributed by atoms with Crippen LogP contribution >= 0.6 is 11.3 Å². The fraction of sp³-hybridized carbons (Fsp3) is 0. The van der Waals surface area contributed by atoms with E-state index in [-0.39, 0.29) is 5.82 Å². The molecular weight excluding hydrogens is 600 g/mol. The van der Waals surface area contributed by atoms with Gasteiger partial charge in [-0.05, 0) is 84.9 Å². The summed E-state index contributed by atoms with van der Waals surface area (Å²) >= 11 is 1.82. The minimum atomic E-state index is -0.246. The molecule has 0 radical (unpaired) electrons. The third-order valence-corrected chi connectivity index (χ3v) is 10.4. The molecule has 47 heavy (non-hydrogen) atoms. The lowest BCUT2D eigenvalue weighted by atomic mass is 10.1. The Bertz CT molecular complexity index is 2820. The van der Waals surface area contributed by atoms with Gasteiger partial charge in [0.05, 0.1) is 22.1 Å². The molecule has 222 valence electrons. The number of fused-ring (bicyclic) bond motifs is 9. The Balaban J connectivity index is 1.27. The zero-order chi connectivity index (χ0) is 31.1. The molecule has 10 rings (SSSR count). The van der Waals surface area contributed by atoms with E-state index in [4.69, 9.17) is 4.42 Å². The van der Waals surface area contributed by atoms with Gasteiger partial charge in [-0.25, -0.2) is 4.39 Å². The van der Waals surface area contributed by atoms with Gasteiger partial charge in [0.2, 0.25) is 0 Å². The fourth-order valence-electron chi connectivity index (χ4n) is 7.19. The molecule has 0 aliphatic rings. The van der Waals surface area contributed by atoms with E-state index in [1.807, 2.05) is 41.7 Å². The van der Waals surface area contributed by atoms with E-state index >= 15 is 0 Å². The van der Waals surface area contributed by atoms with E-state index in [2.05, 4.69) is 119 Å². The number of halogens is 1. The molecule has 0 amide bonds. The molecule has 0 spiro atoms. The van der Waals surface area contributed by atoms with Crippen molar-refractivity contribution in [3.05, 3.63) is 157 Å². The molecular formula is C42H25FN2OS. The Morgan fingerprint density at radius 2 is 1.19 bits per heavy atom. The van der Waals surface area contributed by atoms with Crippen molar-refractivity contribution in [3.63, 3.8) is 0 Å². The predicted molar refractivity (Wildman–Crippen MR) is 196 cm³/mol. The monoisotopic (exact) mass is 624 g/mol. The number of nitrogens with zero attached hydrogens (tertiary/aromatic N) is 2. The molecule has 0 aliphatic heterocycles. The van der Waals surface area contributed by atoms with E-state index < -0.39 is 0 Å². The van der Waals surface area contributed by atoms with Crippen LogP contribution in [0.15, 0.2) is 156 Å². The van der Waals surface area contributed by atoms with Gasteiger partial charge in [-0.3, -0.25) is 0 Å². The first-order valence-corrected chi connectivity index (χ1v) is 16.4. The van der Waals surface area contributed by atoms with Crippen LogP contribution in [0.25, 0.3) is 69.6 Å². The lowest BCUT2D eigenvalue weighted by Gasteiger charge is -2.26. The predicted octanol–water partition coefficient (Wildman–Crippen LogP) is 12.7. The van der Waals surface area contributed by atoms with E-state index in [1.165, 1.54) is 32.3 Å². The number of rotatable bonds is 4. The van der Waals surface area contributed by atoms with Crippen LogP contribution in [0.5, 0.6) is 0 Å². The molecule has 0 bridgehead atoms. The summed E-state index contributed by atoms with van der Waals surface area (Å²) in [4.78, 5) is 2.36. The second-order valence-corrected chi connectivity index (χ2v) is 13.0. The van der Waals surface area contributed by atoms with Crippen LogP contribution in [0.3, 0.4) is 0 Å². The second-order valence-electron chi connectivity index (χ2n) is 11.9. The van der Waals surface area contributed by atoms with Crippen molar-refractivity contribution >= 4 is 92.3 Å². The summed E-state index contributed by atoms with van der Waals surface area (Å²) in [6, 6.07) is 51.8. The molecule has 0 atom stereocenters. The Kier molecular flexibility index (Phi) is 5.63. The summed E-state index contributed by atoms with van der Waals surface area (Å²) < 4.78 is 25.0. The SMILES string of the molecule is Fc1ccc(-n2c3ccccc3c3cc(N(c4ccc5c(c4)sc4ccccc45)c4cccc5oc6ccccc6c45)ccc32)cc1. The Morgan fingerprint density at radius 1 is 0.511 bits per heavy atom. The Hall–Kier alpha value is -5.91. The van der Waals surface area contributed by atoms with Crippen LogP contribution in [0.1, 0.15) is 0 Å². The molecule has 3 nitrogen and oxygen atoms in total. The van der Waals surface area contributed by atoms with Gasteiger partial charge >= 0.3 is 0 Å². The smallest absolute Gasteiger partial charge is 0.137 e. The van der Waals surface area contributed by atoms with Crippen LogP contribution < -0.4 is 4.90 Å². The summed E-state index contributed by atoms with van der Waals surface area (Å²) in [5, 5.41) is 6.97. The van der Waals surface area contributed by atoms with Crippen LogP contribution in [0, 0.1) is 5.82 Å². The number of thiophene rings is 1. The summed E-state index contributed by atoms with van der Waals surface area (Å²) in [6.07, 6.45) is 0. The van der Waals surface area contributed by atoms with Gasteiger partial charge < -0.3 is 13.9 Å². The van der Waals surface area contributed by atoms with Crippen LogP contribution in [0.2, 0.25) is 0 Å². The van der Waals surface area contributed by atoms with Gasteiger partial charge in [0.25, 0.3) is 0 Å². The van der Waals surface area contributed by atoms with Gasteiger partial charge in [0.15, 0.2) is 0 Å². The molecule has 0 N–H and O–H groups in total. The molecule has 0 unspecified atom stereocenters. The Labute approximate surface area is 272 Å². The normalized spacial score (nSPS) is 11.9. The number of hydrogen-bond acceptors (Lipinski definition) is 3. The summed E-state index contributed by atoms with van der Waals surface area (Å²) in [6.45, 7) is 0. The second kappa shape index (κ2) is 10.0. The van der Waals surface area contributed by atoms with Crippen LogP contribution in [-0.2, 0) is 0 Å². The number of aromatic nitrogens is 1. The molecule has 7 aromatic carbocycles. The molecule has 5 heteroatoms. The molecule has 3 heterocycles. The van der Waals surface area contributed by atoms with E-state index in [1.54, 1.807) is 0 Å². The van der Waals surface area contributed by atoms with Crippen molar-refractivity contribution in [2.24, 2.45) is 0 Å². The molecule has 10 aromatic rings. The summed E-state index contributed by atoms with van der Waals surface area (Å²) in [5.74, 6) is -0.246. The van der Waals surface area contributed by atoms with Crippen molar-refractivity contribution in [3.8, 4) is 5.69 Å². The third kappa shape index (κ3) is 3.97. The van der Waals surface area contributed by atoms with Gasteiger partial charge in [0, 0.05) is 53.4 Å². The topological polar surface area (TPSA) is 21.3 Å². The van der Waals surface area contributed by atoms with Crippen molar-refractivity contribution in [1.29, 1.82) is 0 Å². The van der Waals surface area contributed by atoms with Crippen molar-refractivity contribution < 1.29 is 8.81 Å². The van der Waals surface area contributed by atoms with E-state index in [0.29, 0.717) is 0 Å². The maximum Gasteiger partial charge on any atom is 0.137 e. The van der Waals surface area contributed by atoms with E-state index in [0.717, 1.165) is 66.5 Å². The first-order valence-electron chi connectivity index (χ1n) is 15.6. The molecule has 0 saturated heterocycles. The minimum absolute atomic E-state index is 0.246. The maximum absolute atomic E-state index is 13.9. The summed E-state index contributed by atoms with van der Waals surface area (Å²) in [5.41, 5.74) is 7.95.